The first-order chi connectivity index (χ1) is 11.2. The molecule has 23 heavy (non-hydrogen) atoms. The van der Waals surface area contributed by atoms with E-state index in [9.17, 15) is 4.79 Å². The molecule has 3 rings (SSSR count). The molecule has 1 aromatic carbocycles. The van der Waals surface area contributed by atoms with Crippen molar-refractivity contribution in [2.24, 2.45) is 0 Å². The van der Waals surface area contributed by atoms with Crippen molar-refractivity contribution >= 4 is 23.0 Å². The molecule has 2 aromatic heterocycles. The summed E-state index contributed by atoms with van der Waals surface area (Å²) in [5.41, 5.74) is 2.59. The van der Waals surface area contributed by atoms with Crippen LogP contribution in [0.4, 0.5) is 11.5 Å². The van der Waals surface area contributed by atoms with Crippen molar-refractivity contribution in [1.82, 2.24) is 4.40 Å². The largest absolute Gasteiger partial charge is 0.465 e. The number of methoxy groups -OCH3 is 1. The molecular formula is C19H18N2O2. The molecule has 2 heterocycles. The zero-order valence-electron chi connectivity index (χ0n) is 13.0. The Balaban J connectivity index is 2.12. The number of ether oxygens (including phenoxy) is 1. The maximum Gasteiger partial charge on any atom is 0.339 e. The second kappa shape index (κ2) is 6.40. The normalized spacial score (nSPS) is 10.5. The lowest BCUT2D eigenvalue weighted by molar-refractivity contribution is 0.0600. The number of carbonyl (C=O) groups excluding carboxylic acids is 1. The van der Waals surface area contributed by atoms with E-state index in [2.05, 4.69) is 11.5 Å². The molecule has 0 atom stereocenters. The second-order valence-electron chi connectivity index (χ2n) is 5.13. The number of benzene rings is 1. The zero-order valence-corrected chi connectivity index (χ0v) is 13.0. The number of nitrogens with zero attached hydrogens (tertiary/aromatic N) is 2. The zero-order chi connectivity index (χ0) is 16.2. The summed E-state index contributed by atoms with van der Waals surface area (Å²) in [7, 11) is 1.39. The molecule has 4 heteroatoms. The molecule has 3 aromatic rings. The Morgan fingerprint density at radius 2 is 1.91 bits per heavy atom. The van der Waals surface area contributed by atoms with Crippen LogP contribution in [0.15, 0.2) is 73.4 Å². The molecule has 0 radical (unpaired) electrons. The number of para-hydroxylation sites is 1. The van der Waals surface area contributed by atoms with E-state index < -0.39 is 0 Å². The van der Waals surface area contributed by atoms with Gasteiger partial charge in [-0.25, -0.2) is 4.79 Å². The first-order valence-corrected chi connectivity index (χ1v) is 7.37. The van der Waals surface area contributed by atoms with Gasteiger partial charge in [0.15, 0.2) is 0 Å². The third kappa shape index (κ3) is 2.83. The van der Waals surface area contributed by atoms with Gasteiger partial charge in [0.2, 0.25) is 0 Å². The third-order valence-corrected chi connectivity index (χ3v) is 3.71. The quantitative estimate of drug-likeness (QED) is 0.527. The Kier molecular flexibility index (Phi) is 4.15. The number of rotatable bonds is 5. The van der Waals surface area contributed by atoms with Crippen molar-refractivity contribution in [1.29, 1.82) is 0 Å². The maximum absolute atomic E-state index is 11.8. The molecule has 0 spiro atoms. The van der Waals surface area contributed by atoms with Crippen LogP contribution in [0.2, 0.25) is 0 Å². The summed E-state index contributed by atoms with van der Waals surface area (Å²) in [5, 5.41) is 0. The van der Waals surface area contributed by atoms with E-state index in [1.54, 1.807) is 12.3 Å². The highest BCUT2D eigenvalue weighted by Gasteiger charge is 2.14. The predicted molar refractivity (Wildman–Crippen MR) is 92.4 cm³/mol. The average molecular weight is 306 g/mol. The first-order valence-electron chi connectivity index (χ1n) is 7.37. The summed E-state index contributed by atoms with van der Waals surface area (Å²) >= 11 is 0. The van der Waals surface area contributed by atoms with Crippen LogP contribution in [0.3, 0.4) is 0 Å². The van der Waals surface area contributed by atoms with E-state index in [-0.39, 0.29) is 5.97 Å². The molecule has 0 fully saturated rings. The van der Waals surface area contributed by atoms with Crippen LogP contribution in [-0.2, 0) is 4.74 Å². The molecule has 0 aliphatic rings. The van der Waals surface area contributed by atoms with Gasteiger partial charge in [-0.05, 0) is 36.4 Å². The molecule has 0 saturated heterocycles. The Morgan fingerprint density at radius 1 is 1.17 bits per heavy atom. The molecule has 4 nitrogen and oxygen atoms in total. The Labute approximate surface area is 135 Å². The van der Waals surface area contributed by atoms with Gasteiger partial charge in [0.1, 0.15) is 5.82 Å². The summed E-state index contributed by atoms with van der Waals surface area (Å²) in [6.45, 7) is 4.52. The van der Waals surface area contributed by atoms with Crippen LogP contribution in [0.5, 0.6) is 0 Å². The third-order valence-electron chi connectivity index (χ3n) is 3.71. The second-order valence-corrected chi connectivity index (χ2v) is 5.13. The standard InChI is InChI=1S/C19H18N2O2/c1-3-13-20(16-7-5-4-6-8-16)18-12-11-17-10-9-15(14-21(17)18)19(22)23-2/h3-12,14H,1,13H2,2H3. The van der Waals surface area contributed by atoms with E-state index in [1.165, 1.54) is 7.11 Å². The smallest absolute Gasteiger partial charge is 0.339 e. The van der Waals surface area contributed by atoms with E-state index in [0.29, 0.717) is 12.1 Å². The number of carbonyl (C=O) groups is 1. The van der Waals surface area contributed by atoms with Crippen molar-refractivity contribution in [3.05, 3.63) is 79.0 Å². The van der Waals surface area contributed by atoms with E-state index in [4.69, 9.17) is 4.74 Å². The summed E-state index contributed by atoms with van der Waals surface area (Å²) < 4.78 is 6.80. The molecule has 0 saturated carbocycles. The number of hydrogen-bond donors (Lipinski definition) is 0. The highest BCUT2D eigenvalue weighted by Crippen LogP contribution is 2.27. The average Bonchev–Trinajstić information content (AvgIpc) is 3.02. The van der Waals surface area contributed by atoms with Gasteiger partial charge in [-0.2, -0.15) is 0 Å². The molecule has 0 aliphatic carbocycles. The van der Waals surface area contributed by atoms with Gasteiger partial charge in [0.05, 0.1) is 12.7 Å². The van der Waals surface area contributed by atoms with Crippen molar-refractivity contribution in [2.45, 2.75) is 0 Å². The van der Waals surface area contributed by atoms with Gasteiger partial charge >= 0.3 is 5.97 Å². The van der Waals surface area contributed by atoms with Gasteiger partial charge in [0, 0.05) is 23.9 Å². The highest BCUT2D eigenvalue weighted by atomic mass is 16.5. The topological polar surface area (TPSA) is 34.0 Å². The SMILES string of the molecule is C=CCN(c1ccccc1)c1ccc2ccc(C(=O)OC)cn12. The van der Waals surface area contributed by atoms with Gasteiger partial charge in [-0.3, -0.25) is 0 Å². The number of fused-ring (bicyclic) bond motifs is 1. The highest BCUT2D eigenvalue weighted by molar-refractivity contribution is 5.89. The molecular weight excluding hydrogens is 288 g/mol. The van der Waals surface area contributed by atoms with Crippen molar-refractivity contribution < 1.29 is 9.53 Å². The fourth-order valence-corrected chi connectivity index (χ4v) is 2.61. The molecule has 0 N–H and O–H groups in total. The van der Waals surface area contributed by atoms with Crippen LogP contribution in [0.25, 0.3) is 5.52 Å². The Morgan fingerprint density at radius 3 is 2.61 bits per heavy atom. The number of hydrogen-bond acceptors (Lipinski definition) is 3. The van der Waals surface area contributed by atoms with Crippen LogP contribution < -0.4 is 4.90 Å². The molecule has 0 aliphatic heterocycles. The molecule has 0 bridgehead atoms. The van der Waals surface area contributed by atoms with E-state index in [0.717, 1.165) is 17.0 Å². The van der Waals surface area contributed by atoms with Crippen LogP contribution in [-0.4, -0.2) is 24.0 Å². The minimum absolute atomic E-state index is 0.346. The van der Waals surface area contributed by atoms with Crippen molar-refractivity contribution in [3.8, 4) is 0 Å². The van der Waals surface area contributed by atoms with E-state index in [1.807, 2.05) is 59.0 Å². The van der Waals surface area contributed by atoms with Gasteiger partial charge in [-0.1, -0.05) is 24.3 Å². The monoisotopic (exact) mass is 306 g/mol. The number of aromatic nitrogens is 1. The number of pyridine rings is 1. The lowest BCUT2D eigenvalue weighted by Gasteiger charge is -2.23. The summed E-state index contributed by atoms with van der Waals surface area (Å²) in [6, 6.07) is 17.8. The van der Waals surface area contributed by atoms with Crippen molar-refractivity contribution in [3.63, 3.8) is 0 Å². The van der Waals surface area contributed by atoms with Gasteiger partial charge in [-0.15, -0.1) is 6.58 Å². The fraction of sp³-hybridized carbons (Fsp3) is 0.105. The first kappa shape index (κ1) is 14.9. The van der Waals surface area contributed by atoms with E-state index >= 15 is 0 Å². The fourth-order valence-electron chi connectivity index (χ4n) is 2.61. The minimum atomic E-state index is -0.346. The Hall–Kier alpha value is -3.01. The molecule has 0 unspecified atom stereocenters. The van der Waals surface area contributed by atoms with Crippen LogP contribution >= 0.6 is 0 Å². The summed E-state index contributed by atoms with van der Waals surface area (Å²) in [5.74, 6) is 0.624. The molecule has 0 amide bonds. The minimum Gasteiger partial charge on any atom is -0.465 e. The van der Waals surface area contributed by atoms with Crippen LogP contribution in [0.1, 0.15) is 10.4 Å². The predicted octanol–water partition coefficient (Wildman–Crippen LogP) is 4.05. The lowest BCUT2D eigenvalue weighted by Crippen LogP contribution is -2.18. The van der Waals surface area contributed by atoms with Gasteiger partial charge < -0.3 is 14.0 Å². The van der Waals surface area contributed by atoms with Crippen LogP contribution in [0, 0.1) is 0 Å². The lowest BCUT2D eigenvalue weighted by atomic mass is 10.2. The van der Waals surface area contributed by atoms with Gasteiger partial charge in [0.25, 0.3) is 0 Å². The summed E-state index contributed by atoms with van der Waals surface area (Å²) in [4.78, 5) is 13.9. The maximum atomic E-state index is 11.8. The molecule has 116 valence electrons. The van der Waals surface area contributed by atoms with Crippen molar-refractivity contribution in [2.75, 3.05) is 18.6 Å². The number of esters is 1. The Bertz CT molecular complexity index is 837. The number of anilines is 2. The summed E-state index contributed by atoms with van der Waals surface area (Å²) in [6.07, 6.45) is 3.66.